The molecule has 0 unspecified atom stereocenters. The standard InChI is InChI=1S/C14H25N3OS/c1-10(2)8-15-9-11(3)7-12-13(18-6)16-14(19-12)17(4)5/h7,10,15H,8-9H2,1-6H3. The van der Waals surface area contributed by atoms with Crippen LogP contribution in [0.1, 0.15) is 25.6 Å². The van der Waals surface area contributed by atoms with E-state index in [-0.39, 0.29) is 0 Å². The molecular formula is C14H25N3OS. The first-order valence-corrected chi connectivity index (χ1v) is 7.35. The van der Waals surface area contributed by atoms with Crippen molar-refractivity contribution >= 4 is 22.5 Å². The van der Waals surface area contributed by atoms with Gasteiger partial charge in [-0.25, -0.2) is 0 Å². The highest BCUT2D eigenvalue weighted by atomic mass is 32.1. The van der Waals surface area contributed by atoms with Crippen LogP contribution in [0.2, 0.25) is 0 Å². The lowest BCUT2D eigenvalue weighted by Gasteiger charge is -2.07. The Morgan fingerprint density at radius 1 is 1.47 bits per heavy atom. The SMILES string of the molecule is COc1nc(N(C)C)sc1C=C(C)CNCC(C)C. The van der Waals surface area contributed by atoms with Crippen LogP contribution in [0.15, 0.2) is 5.57 Å². The molecule has 19 heavy (non-hydrogen) atoms. The topological polar surface area (TPSA) is 37.4 Å². The van der Waals surface area contributed by atoms with Gasteiger partial charge in [-0.3, -0.25) is 0 Å². The molecule has 0 spiro atoms. The number of ether oxygens (including phenoxy) is 1. The van der Waals surface area contributed by atoms with Gasteiger partial charge in [0.05, 0.1) is 12.0 Å². The first kappa shape index (κ1) is 16.0. The molecule has 0 saturated carbocycles. The maximum absolute atomic E-state index is 5.33. The number of thiazole rings is 1. The first-order chi connectivity index (χ1) is 8.93. The lowest BCUT2D eigenvalue weighted by molar-refractivity contribution is 0.400. The van der Waals surface area contributed by atoms with Crippen molar-refractivity contribution in [1.82, 2.24) is 10.3 Å². The van der Waals surface area contributed by atoms with E-state index in [1.165, 1.54) is 5.57 Å². The van der Waals surface area contributed by atoms with Gasteiger partial charge in [0.15, 0.2) is 5.13 Å². The molecule has 4 nitrogen and oxygen atoms in total. The highest BCUT2D eigenvalue weighted by Gasteiger charge is 2.11. The maximum atomic E-state index is 5.33. The van der Waals surface area contributed by atoms with Crippen LogP contribution in [-0.2, 0) is 0 Å². The number of hydrogen-bond acceptors (Lipinski definition) is 5. The van der Waals surface area contributed by atoms with Crippen LogP contribution in [0.25, 0.3) is 6.08 Å². The van der Waals surface area contributed by atoms with E-state index in [9.17, 15) is 0 Å². The molecule has 0 aliphatic rings. The number of aromatic nitrogens is 1. The molecule has 1 aromatic heterocycles. The summed E-state index contributed by atoms with van der Waals surface area (Å²) in [4.78, 5) is 7.52. The van der Waals surface area contributed by atoms with E-state index in [0.717, 1.165) is 23.1 Å². The Morgan fingerprint density at radius 3 is 2.68 bits per heavy atom. The summed E-state index contributed by atoms with van der Waals surface area (Å²) in [6, 6.07) is 0. The molecule has 0 fully saturated rings. The highest BCUT2D eigenvalue weighted by Crippen LogP contribution is 2.32. The molecule has 0 atom stereocenters. The molecule has 5 heteroatoms. The number of nitrogens with one attached hydrogen (secondary N) is 1. The van der Waals surface area contributed by atoms with Gasteiger partial charge in [-0.1, -0.05) is 30.8 Å². The minimum atomic E-state index is 0.672. The van der Waals surface area contributed by atoms with E-state index in [4.69, 9.17) is 4.74 Å². The van der Waals surface area contributed by atoms with E-state index in [2.05, 4.69) is 37.1 Å². The van der Waals surface area contributed by atoms with Gasteiger partial charge in [-0.05, 0) is 25.5 Å². The van der Waals surface area contributed by atoms with Gasteiger partial charge in [0.1, 0.15) is 0 Å². The summed E-state index contributed by atoms with van der Waals surface area (Å²) >= 11 is 1.65. The third-order valence-corrected chi connectivity index (χ3v) is 3.67. The molecule has 1 rings (SSSR count). The predicted octanol–water partition coefficient (Wildman–Crippen LogP) is 2.87. The van der Waals surface area contributed by atoms with E-state index < -0.39 is 0 Å². The zero-order valence-electron chi connectivity index (χ0n) is 12.8. The zero-order valence-corrected chi connectivity index (χ0v) is 13.6. The molecule has 1 N–H and O–H groups in total. The van der Waals surface area contributed by atoms with Gasteiger partial charge in [0.25, 0.3) is 0 Å². The van der Waals surface area contributed by atoms with Crippen LogP contribution in [0.5, 0.6) is 5.88 Å². The van der Waals surface area contributed by atoms with Crippen molar-refractivity contribution in [2.75, 3.05) is 39.2 Å². The Labute approximate surface area is 120 Å². The minimum Gasteiger partial charge on any atom is -0.480 e. The van der Waals surface area contributed by atoms with E-state index in [1.54, 1.807) is 18.4 Å². The van der Waals surface area contributed by atoms with Crippen LogP contribution in [0, 0.1) is 5.92 Å². The molecule has 0 aromatic carbocycles. The minimum absolute atomic E-state index is 0.672. The Kier molecular flexibility index (Phi) is 6.31. The Hall–Kier alpha value is -1.07. The number of anilines is 1. The second-order valence-electron chi connectivity index (χ2n) is 5.28. The van der Waals surface area contributed by atoms with Crippen molar-refractivity contribution in [3.63, 3.8) is 0 Å². The average Bonchev–Trinajstić information content (AvgIpc) is 2.71. The van der Waals surface area contributed by atoms with Crippen molar-refractivity contribution in [3.05, 3.63) is 10.5 Å². The molecule has 0 aliphatic carbocycles. The number of hydrogen-bond donors (Lipinski definition) is 1. The van der Waals surface area contributed by atoms with Crippen LogP contribution in [0.3, 0.4) is 0 Å². The molecule has 0 bridgehead atoms. The van der Waals surface area contributed by atoms with E-state index >= 15 is 0 Å². The number of nitrogens with zero attached hydrogens (tertiary/aromatic N) is 2. The van der Waals surface area contributed by atoms with Gasteiger partial charge < -0.3 is 15.0 Å². The monoisotopic (exact) mass is 283 g/mol. The predicted molar refractivity (Wildman–Crippen MR) is 84.4 cm³/mol. The van der Waals surface area contributed by atoms with Gasteiger partial charge in [0, 0.05) is 20.6 Å². The third-order valence-electron chi connectivity index (χ3n) is 2.52. The normalized spacial score (nSPS) is 12.1. The van der Waals surface area contributed by atoms with E-state index in [1.807, 2.05) is 19.0 Å². The molecule has 0 aliphatic heterocycles. The Bertz CT molecular complexity index is 424. The fraction of sp³-hybridized carbons (Fsp3) is 0.643. The van der Waals surface area contributed by atoms with Crippen molar-refractivity contribution in [1.29, 1.82) is 0 Å². The molecule has 0 radical (unpaired) electrons. The zero-order chi connectivity index (χ0) is 14.4. The second kappa shape index (κ2) is 7.50. The quantitative estimate of drug-likeness (QED) is 0.835. The summed E-state index contributed by atoms with van der Waals surface area (Å²) < 4.78 is 5.33. The van der Waals surface area contributed by atoms with Crippen molar-refractivity contribution in [3.8, 4) is 5.88 Å². The first-order valence-electron chi connectivity index (χ1n) is 6.54. The van der Waals surface area contributed by atoms with Crippen LogP contribution in [-0.4, -0.2) is 39.3 Å². The molecule has 1 heterocycles. The lowest BCUT2D eigenvalue weighted by Crippen LogP contribution is -2.21. The largest absolute Gasteiger partial charge is 0.480 e. The molecular weight excluding hydrogens is 258 g/mol. The summed E-state index contributed by atoms with van der Waals surface area (Å²) in [5.41, 5.74) is 1.29. The third kappa shape index (κ3) is 5.20. The van der Waals surface area contributed by atoms with Gasteiger partial charge in [-0.15, -0.1) is 0 Å². The van der Waals surface area contributed by atoms with Gasteiger partial charge >= 0.3 is 0 Å². The second-order valence-corrected chi connectivity index (χ2v) is 6.29. The summed E-state index contributed by atoms with van der Waals surface area (Å²) in [6.45, 7) is 8.48. The fourth-order valence-electron chi connectivity index (χ4n) is 1.57. The smallest absolute Gasteiger partial charge is 0.233 e. The van der Waals surface area contributed by atoms with E-state index in [0.29, 0.717) is 11.8 Å². The van der Waals surface area contributed by atoms with Gasteiger partial charge in [0.2, 0.25) is 5.88 Å². The van der Waals surface area contributed by atoms with Gasteiger partial charge in [-0.2, -0.15) is 4.98 Å². The number of methoxy groups -OCH3 is 1. The molecule has 0 saturated heterocycles. The average molecular weight is 283 g/mol. The van der Waals surface area contributed by atoms with Crippen molar-refractivity contribution < 1.29 is 4.74 Å². The summed E-state index contributed by atoms with van der Waals surface area (Å²) in [6.07, 6.45) is 2.15. The Morgan fingerprint density at radius 2 is 2.16 bits per heavy atom. The fourth-order valence-corrected chi connectivity index (χ4v) is 2.55. The van der Waals surface area contributed by atoms with Crippen molar-refractivity contribution in [2.24, 2.45) is 5.92 Å². The van der Waals surface area contributed by atoms with Crippen molar-refractivity contribution in [2.45, 2.75) is 20.8 Å². The molecule has 108 valence electrons. The highest BCUT2D eigenvalue weighted by molar-refractivity contribution is 7.16. The van der Waals surface area contributed by atoms with Crippen LogP contribution in [0.4, 0.5) is 5.13 Å². The summed E-state index contributed by atoms with van der Waals surface area (Å²) in [5.74, 6) is 1.38. The lowest BCUT2D eigenvalue weighted by atomic mass is 10.2. The Balaban J connectivity index is 2.73. The summed E-state index contributed by atoms with van der Waals surface area (Å²) in [7, 11) is 5.64. The van der Waals surface area contributed by atoms with Crippen LogP contribution >= 0.6 is 11.3 Å². The molecule has 0 amide bonds. The maximum Gasteiger partial charge on any atom is 0.233 e. The summed E-state index contributed by atoms with van der Waals surface area (Å²) in [5, 5.41) is 4.40. The molecule has 1 aromatic rings. The van der Waals surface area contributed by atoms with Crippen LogP contribution < -0.4 is 15.0 Å². The number of rotatable bonds is 7.